The normalized spacial score (nSPS) is 13.2. The number of benzene rings is 2. The molecule has 1 fully saturated rings. The van der Waals surface area contributed by atoms with Crippen LogP contribution in [0, 0.1) is 0 Å². The average Bonchev–Trinajstić information content (AvgIpc) is 3.52. The van der Waals surface area contributed by atoms with Crippen molar-refractivity contribution in [1.29, 1.82) is 0 Å². The van der Waals surface area contributed by atoms with Gasteiger partial charge in [-0.25, -0.2) is 4.98 Å². The van der Waals surface area contributed by atoms with Crippen LogP contribution in [0.2, 0.25) is 0 Å². The molecule has 0 spiro atoms. The minimum absolute atomic E-state index is 0.176. The summed E-state index contributed by atoms with van der Waals surface area (Å²) >= 11 is 0. The molecule has 5 rings (SSSR count). The lowest BCUT2D eigenvalue weighted by atomic mass is 10.0. The summed E-state index contributed by atoms with van der Waals surface area (Å²) in [4.78, 5) is 29.3. The summed E-state index contributed by atoms with van der Waals surface area (Å²) in [6.07, 6.45) is 2.11. The SMILES string of the molecule is CC(=O)Nc1cccc(NC(=O)c2cc(C3CC3)nc3onc(-c4ccccc4)c23)c1. The highest BCUT2D eigenvalue weighted by Crippen LogP contribution is 2.41. The van der Waals surface area contributed by atoms with Crippen LogP contribution in [0.25, 0.3) is 22.4 Å². The molecule has 0 bridgehead atoms. The summed E-state index contributed by atoms with van der Waals surface area (Å²) in [6, 6.07) is 18.5. The van der Waals surface area contributed by atoms with E-state index in [4.69, 9.17) is 4.52 Å². The Morgan fingerprint density at radius 2 is 1.71 bits per heavy atom. The lowest BCUT2D eigenvalue weighted by Gasteiger charge is -2.10. The first kappa shape index (κ1) is 19.0. The van der Waals surface area contributed by atoms with Gasteiger partial charge in [0.25, 0.3) is 11.6 Å². The Bertz CT molecular complexity index is 1290. The maximum absolute atomic E-state index is 13.3. The van der Waals surface area contributed by atoms with Gasteiger partial charge in [-0.15, -0.1) is 0 Å². The second-order valence-corrected chi connectivity index (χ2v) is 7.66. The Balaban J connectivity index is 1.57. The Hall–Kier alpha value is -4.00. The highest BCUT2D eigenvalue weighted by Gasteiger charge is 2.29. The highest BCUT2D eigenvalue weighted by atomic mass is 16.5. The summed E-state index contributed by atoms with van der Waals surface area (Å²) in [5.41, 5.74) is 4.30. The molecule has 7 nitrogen and oxygen atoms in total. The number of nitrogens with zero attached hydrogens (tertiary/aromatic N) is 2. The van der Waals surface area contributed by atoms with E-state index in [1.54, 1.807) is 24.3 Å². The third-order valence-corrected chi connectivity index (χ3v) is 5.19. The first-order chi connectivity index (χ1) is 15.1. The predicted octanol–water partition coefficient (Wildman–Crippen LogP) is 4.98. The zero-order chi connectivity index (χ0) is 21.4. The van der Waals surface area contributed by atoms with Gasteiger partial charge in [-0.05, 0) is 37.1 Å². The molecule has 2 heterocycles. The van der Waals surface area contributed by atoms with Crippen LogP contribution >= 0.6 is 0 Å². The second-order valence-electron chi connectivity index (χ2n) is 7.66. The topological polar surface area (TPSA) is 97.1 Å². The van der Waals surface area contributed by atoms with Crippen molar-refractivity contribution in [2.24, 2.45) is 0 Å². The molecule has 0 unspecified atom stereocenters. The molecule has 1 aliphatic rings. The van der Waals surface area contributed by atoms with Crippen LogP contribution < -0.4 is 10.6 Å². The summed E-state index contributed by atoms with van der Waals surface area (Å²) in [6.45, 7) is 1.44. The summed E-state index contributed by atoms with van der Waals surface area (Å²) in [7, 11) is 0. The fourth-order valence-electron chi connectivity index (χ4n) is 3.61. The molecular weight excluding hydrogens is 392 g/mol. The van der Waals surface area contributed by atoms with E-state index in [1.165, 1.54) is 6.92 Å². The molecule has 7 heteroatoms. The molecule has 154 valence electrons. The van der Waals surface area contributed by atoms with Crippen molar-refractivity contribution in [2.45, 2.75) is 25.7 Å². The fraction of sp³-hybridized carbons (Fsp3) is 0.167. The predicted molar refractivity (Wildman–Crippen MR) is 118 cm³/mol. The number of nitrogens with one attached hydrogen (secondary N) is 2. The van der Waals surface area contributed by atoms with Gasteiger partial charge >= 0.3 is 0 Å². The zero-order valence-corrected chi connectivity index (χ0v) is 16.9. The van der Waals surface area contributed by atoms with E-state index in [0.29, 0.717) is 39.6 Å². The maximum atomic E-state index is 13.3. The third kappa shape index (κ3) is 3.90. The number of pyridine rings is 1. The quantitative estimate of drug-likeness (QED) is 0.482. The molecule has 0 atom stereocenters. The minimum Gasteiger partial charge on any atom is -0.335 e. The molecule has 0 radical (unpaired) electrons. The number of anilines is 2. The second kappa shape index (κ2) is 7.68. The van der Waals surface area contributed by atoms with Crippen LogP contribution in [-0.4, -0.2) is 22.0 Å². The molecule has 4 aromatic rings. The van der Waals surface area contributed by atoms with Crippen LogP contribution in [0.4, 0.5) is 11.4 Å². The molecule has 0 saturated heterocycles. The Labute approximate surface area is 178 Å². The van der Waals surface area contributed by atoms with Crippen molar-refractivity contribution in [3.8, 4) is 11.3 Å². The number of hydrogen-bond donors (Lipinski definition) is 2. The lowest BCUT2D eigenvalue weighted by Crippen LogP contribution is -2.14. The number of hydrogen-bond acceptors (Lipinski definition) is 5. The largest absolute Gasteiger partial charge is 0.335 e. The summed E-state index contributed by atoms with van der Waals surface area (Å²) < 4.78 is 5.54. The molecule has 1 saturated carbocycles. The first-order valence-corrected chi connectivity index (χ1v) is 10.1. The molecule has 31 heavy (non-hydrogen) atoms. The van der Waals surface area contributed by atoms with Crippen LogP contribution in [0.5, 0.6) is 0 Å². The van der Waals surface area contributed by atoms with E-state index < -0.39 is 0 Å². The number of amides is 2. The van der Waals surface area contributed by atoms with Gasteiger partial charge in [-0.2, -0.15) is 0 Å². The fourth-order valence-corrected chi connectivity index (χ4v) is 3.61. The van der Waals surface area contributed by atoms with Crippen molar-refractivity contribution in [3.05, 3.63) is 71.9 Å². The van der Waals surface area contributed by atoms with Crippen LogP contribution in [0.3, 0.4) is 0 Å². The first-order valence-electron chi connectivity index (χ1n) is 10.1. The average molecular weight is 412 g/mol. The van der Waals surface area contributed by atoms with E-state index in [9.17, 15) is 9.59 Å². The highest BCUT2D eigenvalue weighted by molar-refractivity contribution is 6.14. The number of carbonyl (C=O) groups excluding carboxylic acids is 2. The third-order valence-electron chi connectivity index (χ3n) is 5.19. The van der Waals surface area contributed by atoms with Gasteiger partial charge < -0.3 is 15.2 Å². The van der Waals surface area contributed by atoms with Gasteiger partial charge in [0.1, 0.15) is 5.69 Å². The Kier molecular flexibility index (Phi) is 4.71. The van der Waals surface area contributed by atoms with Crippen molar-refractivity contribution in [3.63, 3.8) is 0 Å². The van der Waals surface area contributed by atoms with Gasteiger partial charge in [0, 0.05) is 35.5 Å². The molecule has 2 N–H and O–H groups in total. The van der Waals surface area contributed by atoms with Crippen molar-refractivity contribution in [2.75, 3.05) is 10.6 Å². The van der Waals surface area contributed by atoms with Gasteiger partial charge in [-0.1, -0.05) is 41.6 Å². The van der Waals surface area contributed by atoms with Gasteiger partial charge in [0.15, 0.2) is 0 Å². The molecule has 2 aromatic carbocycles. The smallest absolute Gasteiger partial charge is 0.259 e. The Morgan fingerprint density at radius 1 is 0.968 bits per heavy atom. The van der Waals surface area contributed by atoms with Gasteiger partial charge in [0.2, 0.25) is 5.91 Å². The lowest BCUT2D eigenvalue weighted by molar-refractivity contribution is -0.114. The zero-order valence-electron chi connectivity index (χ0n) is 16.9. The van der Waals surface area contributed by atoms with Gasteiger partial charge in [0.05, 0.1) is 10.9 Å². The van der Waals surface area contributed by atoms with Crippen LogP contribution in [-0.2, 0) is 4.79 Å². The van der Waals surface area contributed by atoms with E-state index in [2.05, 4.69) is 20.8 Å². The van der Waals surface area contributed by atoms with E-state index in [1.807, 2.05) is 36.4 Å². The number of fused-ring (bicyclic) bond motifs is 1. The standard InChI is InChI=1S/C24H20N4O3/c1-14(29)25-17-8-5-9-18(12-17)26-23(30)19-13-20(15-10-11-15)27-24-21(19)22(28-31-24)16-6-3-2-4-7-16/h2-9,12-13,15H,10-11H2,1H3,(H,25,29)(H,26,30). The van der Waals surface area contributed by atoms with Crippen molar-refractivity contribution >= 4 is 34.3 Å². The summed E-state index contributed by atoms with van der Waals surface area (Å²) in [5, 5.41) is 10.5. The number of carbonyl (C=O) groups is 2. The Morgan fingerprint density at radius 3 is 2.42 bits per heavy atom. The molecule has 2 aromatic heterocycles. The van der Waals surface area contributed by atoms with Gasteiger partial charge in [-0.3, -0.25) is 9.59 Å². The molecule has 0 aliphatic heterocycles. The van der Waals surface area contributed by atoms with Crippen molar-refractivity contribution < 1.29 is 14.1 Å². The van der Waals surface area contributed by atoms with E-state index >= 15 is 0 Å². The molecular formula is C24H20N4O3. The monoisotopic (exact) mass is 412 g/mol. The molecule has 2 amide bonds. The molecule has 1 aliphatic carbocycles. The minimum atomic E-state index is -0.283. The van der Waals surface area contributed by atoms with Crippen molar-refractivity contribution in [1.82, 2.24) is 10.1 Å². The van der Waals surface area contributed by atoms with E-state index in [0.717, 1.165) is 24.1 Å². The number of aromatic nitrogens is 2. The van der Waals surface area contributed by atoms with Crippen LogP contribution in [0.1, 0.15) is 41.7 Å². The van der Waals surface area contributed by atoms with E-state index in [-0.39, 0.29) is 11.8 Å². The summed E-state index contributed by atoms with van der Waals surface area (Å²) in [5.74, 6) is -0.107. The number of rotatable bonds is 5. The maximum Gasteiger partial charge on any atom is 0.259 e. The van der Waals surface area contributed by atoms with Crippen LogP contribution in [0.15, 0.2) is 65.2 Å².